The summed E-state index contributed by atoms with van der Waals surface area (Å²) in [6.07, 6.45) is 0.134. The molecule has 28 heavy (non-hydrogen) atoms. The molecule has 5 heteroatoms. The lowest BCUT2D eigenvalue weighted by Gasteiger charge is -2.15. The van der Waals surface area contributed by atoms with Gasteiger partial charge in [0.05, 0.1) is 11.6 Å². The summed E-state index contributed by atoms with van der Waals surface area (Å²) < 4.78 is 0. The van der Waals surface area contributed by atoms with Crippen LogP contribution in [0.25, 0.3) is 11.1 Å². The summed E-state index contributed by atoms with van der Waals surface area (Å²) in [4.78, 5) is 24.0. The fourth-order valence-corrected chi connectivity index (χ4v) is 2.84. The lowest BCUT2D eigenvalue weighted by Crippen LogP contribution is -2.42. The van der Waals surface area contributed by atoms with Crippen molar-refractivity contribution in [2.24, 2.45) is 0 Å². The van der Waals surface area contributed by atoms with E-state index < -0.39 is 17.9 Å². The van der Waals surface area contributed by atoms with Gasteiger partial charge in [-0.1, -0.05) is 54.6 Å². The zero-order valence-electron chi connectivity index (χ0n) is 15.0. The van der Waals surface area contributed by atoms with Crippen molar-refractivity contribution >= 4 is 11.9 Å². The second kappa shape index (κ2) is 8.65. The van der Waals surface area contributed by atoms with Gasteiger partial charge in [-0.05, 0) is 41.0 Å². The van der Waals surface area contributed by atoms with Crippen molar-refractivity contribution in [2.75, 3.05) is 0 Å². The number of carbonyl (C=O) groups excluding carboxylic acids is 1. The molecule has 1 atom stereocenters. The quantitative estimate of drug-likeness (QED) is 0.693. The van der Waals surface area contributed by atoms with Gasteiger partial charge in [-0.3, -0.25) is 4.79 Å². The Morgan fingerprint density at radius 1 is 0.893 bits per heavy atom. The van der Waals surface area contributed by atoms with E-state index in [0.29, 0.717) is 11.1 Å². The largest absolute Gasteiger partial charge is 0.480 e. The number of hydrogen-bond acceptors (Lipinski definition) is 3. The van der Waals surface area contributed by atoms with Crippen LogP contribution >= 0.6 is 0 Å². The minimum absolute atomic E-state index is 0.134. The highest BCUT2D eigenvalue weighted by atomic mass is 16.4. The molecule has 0 aliphatic heterocycles. The molecule has 5 nitrogen and oxygen atoms in total. The first-order chi connectivity index (χ1) is 13.6. The molecule has 0 bridgehead atoms. The summed E-state index contributed by atoms with van der Waals surface area (Å²) in [5, 5.41) is 20.9. The van der Waals surface area contributed by atoms with Crippen molar-refractivity contribution in [2.45, 2.75) is 12.5 Å². The molecule has 3 aromatic carbocycles. The van der Waals surface area contributed by atoms with Crippen LogP contribution in [0.5, 0.6) is 0 Å². The van der Waals surface area contributed by atoms with E-state index in [1.165, 1.54) is 0 Å². The topological polar surface area (TPSA) is 90.2 Å². The molecule has 0 heterocycles. The fourth-order valence-electron chi connectivity index (χ4n) is 2.84. The van der Waals surface area contributed by atoms with E-state index in [9.17, 15) is 14.7 Å². The van der Waals surface area contributed by atoms with Gasteiger partial charge in [-0.25, -0.2) is 4.79 Å². The number of carboxylic acids is 1. The second-order valence-corrected chi connectivity index (χ2v) is 6.32. The molecule has 1 amide bonds. The predicted octanol–water partition coefficient (Wildman–Crippen LogP) is 3.65. The third-order valence-electron chi connectivity index (χ3n) is 4.38. The van der Waals surface area contributed by atoms with Crippen LogP contribution in [0.15, 0.2) is 78.9 Å². The number of benzene rings is 3. The second-order valence-electron chi connectivity index (χ2n) is 6.32. The highest BCUT2D eigenvalue weighted by Gasteiger charge is 2.21. The first kappa shape index (κ1) is 18.9. The Kier molecular flexibility index (Phi) is 5.83. The number of aliphatic carboxylic acids is 1. The highest BCUT2D eigenvalue weighted by molar-refractivity contribution is 5.97. The van der Waals surface area contributed by atoms with Crippen molar-refractivity contribution in [1.29, 1.82) is 5.26 Å². The Hall–Kier alpha value is -3.91. The average Bonchev–Trinajstić information content (AvgIpc) is 2.74. The molecule has 0 fully saturated rings. The van der Waals surface area contributed by atoms with Crippen LogP contribution in [0, 0.1) is 11.3 Å². The van der Waals surface area contributed by atoms with E-state index in [1.807, 2.05) is 48.5 Å². The number of carbonyl (C=O) groups is 2. The SMILES string of the molecule is N#Cc1ccc(C[C@H](NC(=O)c2ccc(-c3ccccc3)cc2)C(=O)O)cc1. The maximum Gasteiger partial charge on any atom is 0.326 e. The first-order valence-corrected chi connectivity index (χ1v) is 8.75. The van der Waals surface area contributed by atoms with Crippen molar-refractivity contribution in [3.05, 3.63) is 95.6 Å². The minimum Gasteiger partial charge on any atom is -0.480 e. The van der Waals surface area contributed by atoms with Gasteiger partial charge in [0.1, 0.15) is 6.04 Å². The number of nitriles is 1. The molecule has 0 aliphatic rings. The summed E-state index contributed by atoms with van der Waals surface area (Å²) in [7, 11) is 0. The van der Waals surface area contributed by atoms with Crippen LogP contribution in [0.2, 0.25) is 0 Å². The van der Waals surface area contributed by atoms with Crippen LogP contribution in [0.1, 0.15) is 21.5 Å². The van der Waals surface area contributed by atoms with Crippen molar-refractivity contribution in [3.8, 4) is 17.2 Å². The fraction of sp³-hybridized carbons (Fsp3) is 0.0870. The number of hydrogen-bond donors (Lipinski definition) is 2. The molecular formula is C23H18N2O3. The zero-order chi connectivity index (χ0) is 19.9. The predicted molar refractivity (Wildman–Crippen MR) is 106 cm³/mol. The molecule has 3 rings (SSSR count). The molecular weight excluding hydrogens is 352 g/mol. The Balaban J connectivity index is 1.70. The molecule has 0 saturated heterocycles. The van der Waals surface area contributed by atoms with Gasteiger partial charge in [0.2, 0.25) is 0 Å². The Morgan fingerprint density at radius 2 is 1.50 bits per heavy atom. The Bertz CT molecular complexity index is 1000. The lowest BCUT2D eigenvalue weighted by molar-refractivity contribution is -0.139. The van der Waals surface area contributed by atoms with Crippen molar-refractivity contribution < 1.29 is 14.7 Å². The van der Waals surface area contributed by atoms with Gasteiger partial charge in [-0.15, -0.1) is 0 Å². The molecule has 0 spiro atoms. The minimum atomic E-state index is -1.11. The molecule has 0 radical (unpaired) electrons. The van der Waals surface area contributed by atoms with Crippen molar-refractivity contribution in [3.63, 3.8) is 0 Å². The molecule has 0 aliphatic carbocycles. The summed E-state index contributed by atoms with van der Waals surface area (Å²) in [5.41, 5.74) is 3.64. The van der Waals surface area contributed by atoms with E-state index >= 15 is 0 Å². The molecule has 138 valence electrons. The van der Waals surface area contributed by atoms with E-state index in [4.69, 9.17) is 5.26 Å². The zero-order valence-corrected chi connectivity index (χ0v) is 15.0. The highest BCUT2D eigenvalue weighted by Crippen LogP contribution is 2.19. The van der Waals surface area contributed by atoms with Gasteiger partial charge in [0.25, 0.3) is 5.91 Å². The summed E-state index contributed by atoms with van der Waals surface area (Å²) >= 11 is 0. The van der Waals surface area contributed by atoms with Crippen LogP contribution in [0.4, 0.5) is 0 Å². The maximum absolute atomic E-state index is 12.5. The summed E-state index contributed by atoms with van der Waals surface area (Å²) in [5.74, 6) is -1.56. The van der Waals surface area contributed by atoms with E-state index in [0.717, 1.165) is 16.7 Å². The van der Waals surface area contributed by atoms with E-state index in [2.05, 4.69) is 5.32 Å². The number of rotatable bonds is 6. The molecule has 2 N–H and O–H groups in total. The summed E-state index contributed by atoms with van der Waals surface area (Å²) in [6, 6.07) is 24.4. The third kappa shape index (κ3) is 4.63. The molecule has 0 saturated carbocycles. The average molecular weight is 370 g/mol. The number of carboxylic acid groups (broad SMARTS) is 1. The molecule has 0 aromatic heterocycles. The van der Waals surface area contributed by atoms with Crippen molar-refractivity contribution in [1.82, 2.24) is 5.32 Å². The monoisotopic (exact) mass is 370 g/mol. The van der Waals surface area contributed by atoms with Crippen LogP contribution in [0.3, 0.4) is 0 Å². The number of nitrogens with one attached hydrogen (secondary N) is 1. The number of nitrogens with zero attached hydrogens (tertiary/aromatic N) is 1. The van der Waals surface area contributed by atoms with Gasteiger partial charge >= 0.3 is 5.97 Å². The van der Waals surface area contributed by atoms with Crippen LogP contribution in [-0.4, -0.2) is 23.0 Å². The van der Waals surface area contributed by atoms with Crippen LogP contribution in [-0.2, 0) is 11.2 Å². The third-order valence-corrected chi connectivity index (χ3v) is 4.38. The van der Waals surface area contributed by atoms with E-state index in [-0.39, 0.29) is 6.42 Å². The van der Waals surface area contributed by atoms with Gasteiger partial charge in [0, 0.05) is 12.0 Å². The molecule has 3 aromatic rings. The normalized spacial score (nSPS) is 11.2. The standard InChI is InChI=1S/C23H18N2O3/c24-15-17-8-6-16(7-9-17)14-21(23(27)28)25-22(26)20-12-10-19(11-13-20)18-4-2-1-3-5-18/h1-13,21H,14H2,(H,25,26)(H,27,28)/t21-/m0/s1. The first-order valence-electron chi connectivity index (χ1n) is 8.75. The Morgan fingerprint density at radius 3 is 2.07 bits per heavy atom. The molecule has 0 unspecified atom stereocenters. The van der Waals surface area contributed by atoms with Gasteiger partial charge in [-0.2, -0.15) is 5.26 Å². The van der Waals surface area contributed by atoms with Gasteiger partial charge in [0.15, 0.2) is 0 Å². The lowest BCUT2D eigenvalue weighted by atomic mass is 10.0. The Labute approximate surface area is 162 Å². The van der Waals surface area contributed by atoms with Crippen LogP contribution < -0.4 is 5.32 Å². The van der Waals surface area contributed by atoms with Gasteiger partial charge < -0.3 is 10.4 Å². The number of amides is 1. The van der Waals surface area contributed by atoms with E-state index in [1.54, 1.807) is 36.4 Å². The smallest absolute Gasteiger partial charge is 0.326 e. The maximum atomic E-state index is 12.5. The summed E-state index contributed by atoms with van der Waals surface area (Å²) in [6.45, 7) is 0.